The van der Waals surface area contributed by atoms with Gasteiger partial charge in [0.2, 0.25) is 5.91 Å². The van der Waals surface area contributed by atoms with Gasteiger partial charge in [-0.1, -0.05) is 18.2 Å². The van der Waals surface area contributed by atoms with Crippen molar-refractivity contribution in [2.75, 3.05) is 23.7 Å². The number of pyridine rings is 2. The van der Waals surface area contributed by atoms with Crippen LogP contribution in [0.4, 0.5) is 35.2 Å². The third-order valence-electron chi connectivity index (χ3n) is 5.48. The topological polar surface area (TPSA) is 99.3 Å². The number of anilines is 3. The van der Waals surface area contributed by atoms with Gasteiger partial charge in [-0.2, -0.15) is 13.2 Å². The predicted octanol–water partition coefficient (Wildman–Crippen LogP) is 4.34. The van der Waals surface area contributed by atoms with Crippen LogP contribution in [0.3, 0.4) is 0 Å². The van der Waals surface area contributed by atoms with Gasteiger partial charge in [0.1, 0.15) is 11.5 Å². The van der Waals surface area contributed by atoms with Crippen LogP contribution >= 0.6 is 0 Å². The number of hydrogen-bond acceptors (Lipinski definition) is 5. The zero-order valence-electron chi connectivity index (χ0n) is 18.6. The van der Waals surface area contributed by atoms with Gasteiger partial charge in [-0.3, -0.25) is 10.1 Å². The maximum absolute atomic E-state index is 12.7. The van der Waals surface area contributed by atoms with Crippen molar-refractivity contribution in [1.29, 1.82) is 0 Å². The first kappa shape index (κ1) is 24.0. The molecule has 0 unspecified atom stereocenters. The molecule has 4 rings (SSSR count). The number of nitrogens with zero attached hydrogens (tertiary/aromatic N) is 3. The smallest absolute Gasteiger partial charge is 0.354 e. The van der Waals surface area contributed by atoms with Crippen molar-refractivity contribution >= 4 is 29.1 Å². The molecule has 11 heteroatoms. The number of amides is 3. The zero-order chi connectivity index (χ0) is 24.8. The highest BCUT2D eigenvalue weighted by atomic mass is 19.4. The maximum atomic E-state index is 12.7. The number of hydrogen-bond donors (Lipinski definition) is 3. The Morgan fingerprint density at radius 2 is 1.89 bits per heavy atom. The third kappa shape index (κ3) is 6.25. The summed E-state index contributed by atoms with van der Waals surface area (Å²) in [5.41, 5.74) is 2.22. The van der Waals surface area contributed by atoms with Crippen LogP contribution in [0, 0.1) is 0 Å². The van der Waals surface area contributed by atoms with Crippen LogP contribution < -0.4 is 16.0 Å². The molecule has 0 saturated carbocycles. The number of rotatable bonds is 6. The fourth-order valence-electron chi connectivity index (χ4n) is 3.77. The minimum absolute atomic E-state index is 0.0842. The van der Waals surface area contributed by atoms with Gasteiger partial charge in [0.05, 0.1) is 11.9 Å². The monoisotopic (exact) mass is 484 g/mol. The summed E-state index contributed by atoms with van der Waals surface area (Å²) in [6, 6.07) is 12.6. The molecule has 3 heterocycles. The van der Waals surface area contributed by atoms with Crippen molar-refractivity contribution in [3.8, 4) is 0 Å². The predicted molar refractivity (Wildman–Crippen MR) is 124 cm³/mol. The number of carbonyl (C=O) groups excluding carboxylic acids is 2. The van der Waals surface area contributed by atoms with Crippen molar-refractivity contribution in [3.63, 3.8) is 0 Å². The molecule has 1 aliphatic heterocycles. The highest BCUT2D eigenvalue weighted by Gasteiger charge is 2.32. The molecule has 0 aliphatic carbocycles. The number of benzene rings is 1. The lowest BCUT2D eigenvalue weighted by Crippen LogP contribution is -2.38. The Labute approximate surface area is 199 Å². The Bertz CT molecular complexity index is 1190. The molecule has 8 nitrogen and oxygen atoms in total. The number of carbonyl (C=O) groups is 2. The number of nitrogens with one attached hydrogen (secondary N) is 3. The molecular weight excluding hydrogens is 461 g/mol. The minimum atomic E-state index is -4.49. The Balaban J connectivity index is 1.30. The summed E-state index contributed by atoms with van der Waals surface area (Å²) in [6.45, 7) is 1.09. The summed E-state index contributed by atoms with van der Waals surface area (Å²) < 4.78 is 38.2. The lowest BCUT2D eigenvalue weighted by atomic mass is 9.97. The lowest BCUT2D eigenvalue weighted by molar-refractivity contribution is -0.141. The molecule has 2 aromatic heterocycles. The fraction of sp³-hybridized carbons (Fsp3) is 0.250. The second-order valence-corrected chi connectivity index (χ2v) is 7.91. The summed E-state index contributed by atoms with van der Waals surface area (Å²) >= 11 is 0. The summed E-state index contributed by atoms with van der Waals surface area (Å²) in [5, 5.41) is 8.37. The fourth-order valence-corrected chi connectivity index (χ4v) is 3.77. The molecule has 0 atom stereocenters. The molecule has 0 saturated heterocycles. The highest BCUT2D eigenvalue weighted by molar-refractivity contribution is 5.88. The second kappa shape index (κ2) is 10.4. The van der Waals surface area contributed by atoms with Crippen molar-refractivity contribution in [2.45, 2.75) is 25.6 Å². The van der Waals surface area contributed by atoms with Gasteiger partial charge in [0, 0.05) is 37.9 Å². The van der Waals surface area contributed by atoms with Crippen molar-refractivity contribution in [3.05, 3.63) is 77.7 Å². The number of urea groups is 1. The van der Waals surface area contributed by atoms with Gasteiger partial charge in [-0.05, 0) is 47.9 Å². The Morgan fingerprint density at radius 3 is 2.60 bits per heavy atom. The van der Waals surface area contributed by atoms with Crippen molar-refractivity contribution in [2.24, 2.45) is 0 Å². The quantitative estimate of drug-likeness (QED) is 0.484. The van der Waals surface area contributed by atoms with Gasteiger partial charge in [-0.25, -0.2) is 14.8 Å². The molecule has 3 amide bonds. The first-order valence-electron chi connectivity index (χ1n) is 10.9. The van der Waals surface area contributed by atoms with Gasteiger partial charge >= 0.3 is 12.2 Å². The number of fused-ring (bicyclic) bond motifs is 1. The number of halogens is 3. The van der Waals surface area contributed by atoms with Crippen LogP contribution in [0.15, 0.2) is 60.9 Å². The van der Waals surface area contributed by atoms with E-state index in [1.807, 2.05) is 18.2 Å². The van der Waals surface area contributed by atoms with E-state index in [9.17, 15) is 22.8 Å². The van der Waals surface area contributed by atoms with E-state index in [-0.39, 0.29) is 18.9 Å². The lowest BCUT2D eigenvalue weighted by Gasteiger charge is -2.30. The van der Waals surface area contributed by atoms with Crippen LogP contribution in [-0.4, -0.2) is 39.9 Å². The molecule has 0 bridgehead atoms. The first-order valence-corrected chi connectivity index (χ1v) is 10.9. The average molecular weight is 484 g/mol. The van der Waals surface area contributed by atoms with E-state index >= 15 is 0 Å². The summed E-state index contributed by atoms with van der Waals surface area (Å²) in [4.78, 5) is 33.8. The van der Waals surface area contributed by atoms with Crippen LogP contribution in [0.1, 0.15) is 23.2 Å². The summed E-state index contributed by atoms with van der Waals surface area (Å²) in [6.07, 6.45) is -1.03. The molecule has 35 heavy (non-hydrogen) atoms. The van der Waals surface area contributed by atoms with Gasteiger partial charge in [0.15, 0.2) is 0 Å². The molecule has 3 N–H and O–H groups in total. The number of aromatic nitrogens is 2. The molecule has 0 spiro atoms. The Kier molecular flexibility index (Phi) is 7.14. The normalized spacial score (nSPS) is 13.1. The van der Waals surface area contributed by atoms with Crippen molar-refractivity contribution in [1.82, 2.24) is 20.2 Å². The minimum Gasteiger partial charge on any atom is -0.354 e. The molecule has 1 aromatic carbocycles. The van der Waals surface area contributed by atoms with Gasteiger partial charge in [-0.15, -0.1) is 0 Å². The van der Waals surface area contributed by atoms with E-state index in [1.54, 1.807) is 29.3 Å². The third-order valence-corrected chi connectivity index (χ3v) is 5.48. The molecule has 182 valence electrons. The van der Waals surface area contributed by atoms with Crippen LogP contribution in [0.2, 0.25) is 0 Å². The molecular formula is C24H23F3N6O2. The van der Waals surface area contributed by atoms with E-state index in [0.29, 0.717) is 31.0 Å². The van der Waals surface area contributed by atoms with E-state index in [4.69, 9.17) is 0 Å². The zero-order valence-corrected chi connectivity index (χ0v) is 18.6. The van der Waals surface area contributed by atoms with E-state index in [2.05, 4.69) is 25.9 Å². The summed E-state index contributed by atoms with van der Waals surface area (Å²) in [5.74, 6) is 0.333. The van der Waals surface area contributed by atoms with Crippen LogP contribution in [0.25, 0.3) is 0 Å². The first-order chi connectivity index (χ1) is 16.8. The molecule has 0 fully saturated rings. The molecule has 1 aliphatic rings. The van der Waals surface area contributed by atoms with E-state index < -0.39 is 17.9 Å². The SMILES string of the molecule is O=C(NCCC(=O)N1CCc2c(cccc2Nc2ccc(C(F)(F)F)nc2)C1)Nc1ccccn1. The van der Waals surface area contributed by atoms with E-state index in [0.717, 1.165) is 29.1 Å². The summed E-state index contributed by atoms with van der Waals surface area (Å²) in [7, 11) is 0. The van der Waals surface area contributed by atoms with Gasteiger partial charge in [0.25, 0.3) is 0 Å². The van der Waals surface area contributed by atoms with Crippen LogP contribution in [-0.2, 0) is 23.9 Å². The van der Waals surface area contributed by atoms with Crippen LogP contribution in [0.5, 0.6) is 0 Å². The Hall–Kier alpha value is -4.15. The average Bonchev–Trinajstić information content (AvgIpc) is 2.84. The molecule has 3 aromatic rings. The highest BCUT2D eigenvalue weighted by Crippen LogP contribution is 2.31. The molecule has 0 radical (unpaired) electrons. The van der Waals surface area contributed by atoms with Crippen molar-refractivity contribution < 1.29 is 22.8 Å². The Morgan fingerprint density at radius 1 is 1.03 bits per heavy atom. The largest absolute Gasteiger partial charge is 0.433 e. The number of alkyl halides is 3. The van der Waals surface area contributed by atoms with E-state index in [1.165, 1.54) is 6.07 Å². The maximum Gasteiger partial charge on any atom is 0.433 e. The van der Waals surface area contributed by atoms with Gasteiger partial charge < -0.3 is 15.5 Å². The second-order valence-electron chi connectivity index (χ2n) is 7.91. The standard InChI is InChI=1S/C24H23F3N6O2/c25-24(26,27)20-8-7-17(14-30-20)31-19-5-3-4-16-15-33(13-10-18(16)19)22(34)9-12-29-23(35)32-21-6-1-2-11-28-21/h1-8,11,14,31H,9-10,12-13,15H2,(H2,28,29,32,35).